The average molecular weight is 279 g/mol. The third kappa shape index (κ3) is 3.12. The summed E-state index contributed by atoms with van der Waals surface area (Å²) in [6.45, 7) is 0. The van der Waals surface area contributed by atoms with Crippen molar-refractivity contribution in [2.45, 2.75) is 10.6 Å². The number of hydrogen-bond acceptors (Lipinski definition) is 3. The van der Waals surface area contributed by atoms with Crippen LogP contribution in [0.4, 0.5) is 10.1 Å². The second-order valence-electron chi connectivity index (χ2n) is 3.98. The van der Waals surface area contributed by atoms with E-state index in [2.05, 4.69) is 0 Å². The number of nitrogen functional groups attached to an aromatic ring is 1. The number of methoxy groups -OCH3 is 1. The first-order valence-electron chi connectivity index (χ1n) is 5.67. The van der Waals surface area contributed by atoms with E-state index in [0.29, 0.717) is 21.9 Å². The Kier molecular flexibility index (Phi) is 4.16. The third-order valence-corrected chi connectivity index (χ3v) is 4.11. The second kappa shape index (κ2) is 5.84. The minimum absolute atomic E-state index is 0.157. The van der Waals surface area contributed by atoms with Crippen molar-refractivity contribution < 1.29 is 13.3 Å². The number of ether oxygens (including phenoxy) is 1. The van der Waals surface area contributed by atoms with Gasteiger partial charge in [0.25, 0.3) is 0 Å². The van der Waals surface area contributed by atoms with Gasteiger partial charge in [-0.25, -0.2) is 4.39 Å². The van der Waals surface area contributed by atoms with Crippen molar-refractivity contribution in [2.24, 2.45) is 0 Å². The number of nitrogens with two attached hydrogens (primary N) is 1. The number of benzene rings is 2. The van der Waals surface area contributed by atoms with Crippen LogP contribution in [0.2, 0.25) is 0 Å². The largest absolute Gasteiger partial charge is 0.495 e. The Balaban J connectivity index is 2.28. The summed E-state index contributed by atoms with van der Waals surface area (Å²) in [6, 6.07) is 11.1. The van der Waals surface area contributed by atoms with Crippen LogP contribution < -0.4 is 10.5 Å². The summed E-state index contributed by atoms with van der Waals surface area (Å²) in [6.07, 6.45) is 0. The fraction of sp³-hybridized carbons (Fsp3) is 0.143. The highest BCUT2D eigenvalue weighted by Crippen LogP contribution is 2.25. The summed E-state index contributed by atoms with van der Waals surface area (Å²) < 4.78 is 30.6. The summed E-state index contributed by atoms with van der Waals surface area (Å²) in [4.78, 5) is 0.577. The number of halogens is 1. The average Bonchev–Trinajstić information content (AvgIpc) is 2.42. The van der Waals surface area contributed by atoms with Gasteiger partial charge in [-0.3, -0.25) is 4.21 Å². The first-order valence-corrected chi connectivity index (χ1v) is 6.99. The lowest BCUT2D eigenvalue weighted by Gasteiger charge is -2.09. The minimum atomic E-state index is -1.34. The fourth-order valence-corrected chi connectivity index (χ4v) is 3.02. The van der Waals surface area contributed by atoms with Crippen LogP contribution in [0.15, 0.2) is 47.4 Å². The predicted octanol–water partition coefficient (Wildman–Crippen LogP) is 2.72. The van der Waals surface area contributed by atoms with E-state index < -0.39 is 10.8 Å². The lowest BCUT2D eigenvalue weighted by atomic mass is 10.2. The predicted molar refractivity (Wildman–Crippen MR) is 73.9 cm³/mol. The Morgan fingerprint density at radius 2 is 2.00 bits per heavy atom. The Morgan fingerprint density at radius 3 is 2.74 bits per heavy atom. The zero-order chi connectivity index (χ0) is 13.8. The van der Waals surface area contributed by atoms with Crippen LogP contribution in [0, 0.1) is 5.82 Å². The summed E-state index contributed by atoms with van der Waals surface area (Å²) in [5.74, 6) is 0.321. The molecule has 0 amide bonds. The Labute approximate surface area is 113 Å². The van der Waals surface area contributed by atoms with Gasteiger partial charge in [-0.2, -0.15) is 0 Å². The molecule has 2 aromatic rings. The number of hydrogen-bond donors (Lipinski definition) is 1. The molecule has 0 aliphatic rings. The van der Waals surface area contributed by atoms with Crippen LogP contribution in [0.25, 0.3) is 0 Å². The van der Waals surface area contributed by atoms with Gasteiger partial charge in [0.05, 0.1) is 28.6 Å². The highest BCUT2D eigenvalue weighted by Gasteiger charge is 2.12. The molecule has 0 aliphatic carbocycles. The summed E-state index contributed by atoms with van der Waals surface area (Å²) in [5, 5.41) is 0. The topological polar surface area (TPSA) is 52.3 Å². The molecule has 2 N–H and O–H groups in total. The van der Waals surface area contributed by atoms with Crippen LogP contribution >= 0.6 is 0 Å². The molecule has 1 unspecified atom stereocenters. The fourth-order valence-electron chi connectivity index (χ4n) is 1.73. The number of anilines is 1. The first kappa shape index (κ1) is 13.5. The van der Waals surface area contributed by atoms with Gasteiger partial charge >= 0.3 is 0 Å². The van der Waals surface area contributed by atoms with E-state index in [1.807, 2.05) is 0 Å². The molecule has 0 saturated carbocycles. The molecule has 0 heterocycles. The minimum Gasteiger partial charge on any atom is -0.495 e. The number of rotatable bonds is 4. The van der Waals surface area contributed by atoms with Crippen molar-refractivity contribution in [3.63, 3.8) is 0 Å². The second-order valence-corrected chi connectivity index (χ2v) is 5.40. The highest BCUT2D eigenvalue weighted by molar-refractivity contribution is 7.84. The molecule has 5 heteroatoms. The molecule has 0 spiro atoms. The van der Waals surface area contributed by atoms with Crippen LogP contribution in [0.5, 0.6) is 5.75 Å². The molecular weight excluding hydrogens is 265 g/mol. The van der Waals surface area contributed by atoms with Crippen LogP contribution in [-0.4, -0.2) is 11.3 Å². The quantitative estimate of drug-likeness (QED) is 0.875. The van der Waals surface area contributed by atoms with E-state index >= 15 is 0 Å². The van der Waals surface area contributed by atoms with Gasteiger partial charge < -0.3 is 10.5 Å². The van der Waals surface area contributed by atoms with E-state index in [9.17, 15) is 8.60 Å². The van der Waals surface area contributed by atoms with E-state index in [1.54, 1.807) is 24.3 Å². The van der Waals surface area contributed by atoms with Gasteiger partial charge in [-0.1, -0.05) is 12.1 Å². The van der Waals surface area contributed by atoms with Crippen molar-refractivity contribution in [2.75, 3.05) is 12.8 Å². The van der Waals surface area contributed by atoms with E-state index in [-0.39, 0.29) is 11.6 Å². The van der Waals surface area contributed by atoms with Gasteiger partial charge in [-0.15, -0.1) is 0 Å². The van der Waals surface area contributed by atoms with Gasteiger partial charge in [0.1, 0.15) is 11.6 Å². The maximum absolute atomic E-state index is 13.2. The van der Waals surface area contributed by atoms with E-state index in [0.717, 1.165) is 0 Å². The van der Waals surface area contributed by atoms with Crippen LogP contribution in [0.3, 0.4) is 0 Å². The van der Waals surface area contributed by atoms with Crippen molar-refractivity contribution in [3.05, 3.63) is 53.8 Å². The molecule has 0 bridgehead atoms. The van der Waals surface area contributed by atoms with Gasteiger partial charge in [0.15, 0.2) is 0 Å². The Bertz CT molecular complexity index is 616. The summed E-state index contributed by atoms with van der Waals surface area (Å²) >= 11 is 0. The zero-order valence-corrected chi connectivity index (χ0v) is 11.2. The SMILES string of the molecule is COc1ccccc1S(=O)Cc1cc(F)ccc1N. The molecule has 19 heavy (non-hydrogen) atoms. The molecule has 0 radical (unpaired) electrons. The van der Waals surface area contributed by atoms with Gasteiger partial charge in [-0.05, 0) is 35.9 Å². The standard InChI is InChI=1S/C14H14FNO2S/c1-18-13-4-2-3-5-14(13)19(17)9-10-8-11(15)6-7-12(10)16/h2-8H,9,16H2,1H3. The molecule has 2 aromatic carbocycles. The zero-order valence-electron chi connectivity index (χ0n) is 10.4. The molecule has 0 aromatic heterocycles. The van der Waals surface area contributed by atoms with Crippen LogP contribution in [-0.2, 0) is 16.6 Å². The van der Waals surface area contributed by atoms with Gasteiger partial charge in [0.2, 0.25) is 0 Å². The Morgan fingerprint density at radius 1 is 1.26 bits per heavy atom. The molecule has 3 nitrogen and oxygen atoms in total. The monoisotopic (exact) mass is 279 g/mol. The maximum Gasteiger partial charge on any atom is 0.134 e. The lowest BCUT2D eigenvalue weighted by molar-refractivity contribution is 0.404. The molecule has 0 aliphatic heterocycles. The normalized spacial score (nSPS) is 12.1. The molecule has 100 valence electrons. The summed E-state index contributed by atoms with van der Waals surface area (Å²) in [7, 11) is 0.184. The van der Waals surface area contributed by atoms with Crippen molar-refractivity contribution in [1.82, 2.24) is 0 Å². The first-order chi connectivity index (χ1) is 9.11. The van der Waals surface area contributed by atoms with E-state index in [1.165, 1.54) is 25.3 Å². The van der Waals surface area contributed by atoms with Crippen molar-refractivity contribution in [1.29, 1.82) is 0 Å². The van der Waals surface area contributed by atoms with E-state index in [4.69, 9.17) is 10.5 Å². The molecule has 1 atom stereocenters. The smallest absolute Gasteiger partial charge is 0.134 e. The summed E-state index contributed by atoms with van der Waals surface area (Å²) in [5.41, 5.74) is 6.72. The Hall–Kier alpha value is -1.88. The van der Waals surface area contributed by atoms with Crippen molar-refractivity contribution >= 4 is 16.5 Å². The van der Waals surface area contributed by atoms with Gasteiger partial charge in [0, 0.05) is 5.69 Å². The molecule has 2 rings (SSSR count). The van der Waals surface area contributed by atoms with Crippen LogP contribution in [0.1, 0.15) is 5.56 Å². The highest BCUT2D eigenvalue weighted by atomic mass is 32.2. The lowest BCUT2D eigenvalue weighted by Crippen LogP contribution is -2.02. The molecule has 0 fully saturated rings. The molecular formula is C14H14FNO2S. The molecule has 0 saturated heterocycles. The van der Waals surface area contributed by atoms with Crippen molar-refractivity contribution in [3.8, 4) is 5.75 Å². The maximum atomic E-state index is 13.2. The third-order valence-electron chi connectivity index (χ3n) is 2.71. The number of para-hydroxylation sites is 1.